The lowest BCUT2D eigenvalue weighted by Crippen LogP contribution is -2.16. The van der Waals surface area contributed by atoms with Crippen LogP contribution in [0.3, 0.4) is 0 Å². The zero-order chi connectivity index (χ0) is 19.4. The minimum absolute atomic E-state index is 0.102. The summed E-state index contributed by atoms with van der Waals surface area (Å²) in [6, 6.07) is 4.41. The van der Waals surface area contributed by atoms with Crippen molar-refractivity contribution in [1.82, 2.24) is 29.5 Å². The molecule has 3 aromatic heterocycles. The molecule has 0 aromatic carbocycles. The fourth-order valence-electron chi connectivity index (χ4n) is 2.48. The van der Waals surface area contributed by atoms with Crippen LogP contribution in [0.25, 0.3) is 11.5 Å². The van der Waals surface area contributed by atoms with Gasteiger partial charge in [-0.25, -0.2) is 4.98 Å². The number of pyridine rings is 1. The summed E-state index contributed by atoms with van der Waals surface area (Å²) in [6.45, 7) is -5.99. The van der Waals surface area contributed by atoms with E-state index in [0.717, 1.165) is 10.8 Å². The van der Waals surface area contributed by atoms with Gasteiger partial charge in [-0.15, -0.1) is 0 Å². The summed E-state index contributed by atoms with van der Waals surface area (Å²) >= 11 is 3.28. The van der Waals surface area contributed by atoms with Crippen LogP contribution in [-0.2, 0) is 4.74 Å². The van der Waals surface area contributed by atoms with Gasteiger partial charge in [-0.3, -0.25) is 9.67 Å². The molecule has 3 rings (SSSR count). The van der Waals surface area contributed by atoms with Gasteiger partial charge >= 0.3 is 13.2 Å². The summed E-state index contributed by atoms with van der Waals surface area (Å²) in [6.07, 6.45) is 4.26. The van der Waals surface area contributed by atoms with Gasteiger partial charge in [0.25, 0.3) is 0 Å². The Kier molecular flexibility index (Phi) is 6.16. The van der Waals surface area contributed by atoms with Crippen molar-refractivity contribution in [1.29, 1.82) is 0 Å². The first kappa shape index (κ1) is 19.4. The molecule has 12 heteroatoms. The Morgan fingerprint density at radius 2 is 1.93 bits per heavy atom. The van der Waals surface area contributed by atoms with Gasteiger partial charge in [0.2, 0.25) is 0 Å². The largest absolute Gasteiger partial charge is 0.345 e. The summed E-state index contributed by atoms with van der Waals surface area (Å²) in [7, 11) is 0. The fraction of sp³-hybridized carbons (Fsp3) is 0.333. The van der Waals surface area contributed by atoms with E-state index >= 15 is 0 Å². The van der Waals surface area contributed by atoms with Crippen LogP contribution in [0.2, 0.25) is 0 Å². The highest BCUT2D eigenvalue weighted by atomic mass is 79.9. The van der Waals surface area contributed by atoms with E-state index in [2.05, 4.69) is 40.8 Å². The van der Waals surface area contributed by atoms with E-state index in [4.69, 9.17) is 0 Å². The Morgan fingerprint density at radius 1 is 1.11 bits per heavy atom. The molecule has 0 amide bonds. The average molecular weight is 449 g/mol. The zero-order valence-electron chi connectivity index (χ0n) is 13.6. The van der Waals surface area contributed by atoms with E-state index < -0.39 is 19.2 Å². The normalized spacial score (nSPS) is 12.9. The van der Waals surface area contributed by atoms with Crippen LogP contribution in [-0.4, -0.2) is 42.7 Å². The zero-order valence-corrected chi connectivity index (χ0v) is 15.2. The van der Waals surface area contributed by atoms with E-state index in [1.165, 1.54) is 16.9 Å². The molecule has 0 aliphatic rings. The van der Waals surface area contributed by atoms with Crippen molar-refractivity contribution in [2.75, 3.05) is 6.61 Å². The van der Waals surface area contributed by atoms with E-state index in [1.54, 1.807) is 18.3 Å². The first-order valence-electron chi connectivity index (χ1n) is 7.70. The molecule has 0 spiro atoms. The molecule has 3 heterocycles. The first-order valence-corrected chi connectivity index (χ1v) is 8.49. The quantitative estimate of drug-likeness (QED) is 0.488. The molecule has 0 saturated carbocycles. The predicted molar refractivity (Wildman–Crippen MR) is 89.1 cm³/mol. The van der Waals surface area contributed by atoms with Crippen molar-refractivity contribution in [3.8, 4) is 11.5 Å². The van der Waals surface area contributed by atoms with Crippen molar-refractivity contribution < 1.29 is 22.3 Å². The van der Waals surface area contributed by atoms with Crippen molar-refractivity contribution in [3.63, 3.8) is 0 Å². The molecule has 0 radical (unpaired) electrons. The maximum Gasteiger partial charge on any atom is 0.345 e. The second-order valence-corrected chi connectivity index (χ2v) is 6.24. The van der Waals surface area contributed by atoms with Crippen LogP contribution in [0, 0.1) is 0 Å². The van der Waals surface area contributed by atoms with Crippen LogP contribution in [0.4, 0.5) is 17.6 Å². The number of nitrogens with zero attached hydrogens (tertiary/aromatic N) is 6. The lowest BCUT2D eigenvalue weighted by atomic mass is 10.1. The van der Waals surface area contributed by atoms with Crippen molar-refractivity contribution in [3.05, 3.63) is 47.1 Å². The number of alkyl halides is 4. The van der Waals surface area contributed by atoms with E-state index in [0.29, 0.717) is 10.4 Å². The Balaban J connectivity index is 1.89. The topological polar surface area (TPSA) is 70.7 Å². The second kappa shape index (κ2) is 8.57. The molecule has 0 N–H and O–H groups in total. The standard InChI is InChI=1S/C15H13BrF4N6O/c16-9-1-2-10(21-7-9)12(4-6-27-15(19)20)25-5-3-11(24-25)13-22-8-23-26(13)14(17)18/h1-3,5,7-8,12,14-15H,4,6H2. The number of halogens is 5. The molecule has 27 heavy (non-hydrogen) atoms. The Bertz CT molecular complexity index is 869. The van der Waals surface area contributed by atoms with Crippen molar-refractivity contribution in [2.24, 2.45) is 0 Å². The Labute approximate surface area is 159 Å². The third-order valence-electron chi connectivity index (χ3n) is 3.64. The minimum atomic E-state index is -2.89. The summed E-state index contributed by atoms with van der Waals surface area (Å²) in [5, 5.41) is 7.73. The number of rotatable bonds is 8. The van der Waals surface area contributed by atoms with Crippen LogP contribution in [0.1, 0.15) is 24.7 Å². The molecule has 1 atom stereocenters. The van der Waals surface area contributed by atoms with Crippen molar-refractivity contribution in [2.45, 2.75) is 25.6 Å². The van der Waals surface area contributed by atoms with Gasteiger partial charge in [0, 0.05) is 16.9 Å². The first-order chi connectivity index (χ1) is 13.0. The highest BCUT2D eigenvalue weighted by molar-refractivity contribution is 9.10. The van der Waals surface area contributed by atoms with Crippen LogP contribution in [0.15, 0.2) is 41.4 Å². The molecule has 0 bridgehead atoms. The predicted octanol–water partition coefficient (Wildman–Crippen LogP) is 3.91. The van der Waals surface area contributed by atoms with Crippen molar-refractivity contribution >= 4 is 15.9 Å². The minimum Gasteiger partial charge on any atom is -0.323 e. The molecule has 0 saturated heterocycles. The highest BCUT2D eigenvalue weighted by Gasteiger charge is 2.21. The SMILES string of the molecule is FC(F)OCCC(c1ccc(Br)cn1)n1ccc(-c2ncnn2C(F)F)n1. The van der Waals surface area contributed by atoms with Gasteiger partial charge in [-0.2, -0.15) is 32.4 Å². The summed E-state index contributed by atoms with van der Waals surface area (Å²) in [4.78, 5) is 8.07. The van der Waals surface area contributed by atoms with Crippen LogP contribution in [0.5, 0.6) is 0 Å². The smallest absolute Gasteiger partial charge is 0.323 e. The molecule has 3 aromatic rings. The molecule has 0 fully saturated rings. The average Bonchev–Trinajstić information content (AvgIpc) is 3.28. The summed E-state index contributed by atoms with van der Waals surface area (Å²) < 4.78 is 57.5. The highest BCUT2D eigenvalue weighted by Crippen LogP contribution is 2.25. The van der Waals surface area contributed by atoms with Crippen LogP contribution >= 0.6 is 15.9 Å². The number of aromatic nitrogens is 6. The maximum atomic E-state index is 13.0. The number of ether oxygens (including phenoxy) is 1. The molecule has 0 aliphatic heterocycles. The number of hydrogen-bond donors (Lipinski definition) is 0. The van der Waals surface area contributed by atoms with Gasteiger partial charge in [0.05, 0.1) is 18.3 Å². The number of hydrogen-bond acceptors (Lipinski definition) is 5. The van der Waals surface area contributed by atoms with Gasteiger partial charge < -0.3 is 4.74 Å². The third kappa shape index (κ3) is 4.69. The molecule has 0 aliphatic carbocycles. The van der Waals surface area contributed by atoms with E-state index in [-0.39, 0.29) is 24.5 Å². The van der Waals surface area contributed by atoms with Gasteiger partial charge in [0.15, 0.2) is 5.82 Å². The molecular weight excluding hydrogens is 436 g/mol. The van der Waals surface area contributed by atoms with E-state index in [9.17, 15) is 17.6 Å². The third-order valence-corrected chi connectivity index (χ3v) is 4.11. The van der Waals surface area contributed by atoms with Gasteiger partial charge in [-0.05, 0) is 40.5 Å². The summed E-state index contributed by atoms with van der Waals surface area (Å²) in [5.74, 6) is -0.102. The second-order valence-electron chi connectivity index (χ2n) is 5.32. The fourth-order valence-corrected chi connectivity index (χ4v) is 2.71. The lowest BCUT2D eigenvalue weighted by Gasteiger charge is -2.17. The Hall–Kier alpha value is -2.34. The molecule has 144 valence electrons. The van der Waals surface area contributed by atoms with E-state index in [1.807, 2.05) is 0 Å². The molecular formula is C15H13BrF4N6O. The monoisotopic (exact) mass is 448 g/mol. The molecule has 1 unspecified atom stereocenters. The lowest BCUT2D eigenvalue weighted by molar-refractivity contribution is -0.130. The Morgan fingerprint density at radius 3 is 2.59 bits per heavy atom. The van der Waals surface area contributed by atoms with Crippen LogP contribution < -0.4 is 0 Å². The maximum absolute atomic E-state index is 13.0. The van der Waals surface area contributed by atoms with Gasteiger partial charge in [0.1, 0.15) is 12.0 Å². The van der Waals surface area contributed by atoms with Gasteiger partial charge in [-0.1, -0.05) is 0 Å². The summed E-state index contributed by atoms with van der Waals surface area (Å²) in [5.41, 5.74) is 0.728. The molecule has 7 nitrogen and oxygen atoms in total.